The average molecular weight is 421 g/mol. The molecule has 0 saturated heterocycles. The predicted molar refractivity (Wildman–Crippen MR) is 126 cm³/mol. The predicted octanol–water partition coefficient (Wildman–Crippen LogP) is 4.16. The third kappa shape index (κ3) is 4.54. The monoisotopic (exact) mass is 420 g/mol. The Balaban J connectivity index is 1.10. The summed E-state index contributed by atoms with van der Waals surface area (Å²) >= 11 is 3.57. The second kappa shape index (κ2) is 8.67. The van der Waals surface area contributed by atoms with E-state index in [4.69, 9.17) is 9.98 Å². The van der Waals surface area contributed by atoms with Crippen molar-refractivity contribution in [2.45, 2.75) is 24.9 Å². The molecule has 148 valence electrons. The molecule has 4 nitrogen and oxygen atoms in total. The zero-order valence-electron chi connectivity index (χ0n) is 16.2. The third-order valence-electron chi connectivity index (χ3n) is 5.34. The fourth-order valence-electron chi connectivity index (χ4n) is 3.89. The highest BCUT2D eigenvalue weighted by Gasteiger charge is 2.32. The maximum atomic E-state index is 4.93. The Morgan fingerprint density at radius 3 is 2.48 bits per heavy atom. The fraction of sp³-hybridized carbons (Fsp3) is 0.304. The minimum absolute atomic E-state index is 0.353. The standard InChI is InChI=1S/C23H24N4S2/c1-3-7-17(8-4-1)11-19-13-24-22(25-19)28-15-21-16-29-23-26-20(14-27(21)23)12-18-9-5-2-6-10-18/h1-10,16,19-20H,11-15H2,(H,24,25). The molecule has 1 N–H and O–H groups in total. The number of thioether (sulfide) groups is 2. The Hall–Kier alpha value is -2.18. The number of nitrogens with zero attached hydrogens (tertiary/aromatic N) is 3. The van der Waals surface area contributed by atoms with Crippen molar-refractivity contribution in [2.75, 3.05) is 18.8 Å². The normalized spacial score (nSPS) is 22.8. The first-order chi connectivity index (χ1) is 14.3. The third-order valence-corrected chi connectivity index (χ3v) is 7.23. The molecule has 0 fully saturated rings. The summed E-state index contributed by atoms with van der Waals surface area (Å²) in [6, 6.07) is 22.1. The highest BCUT2D eigenvalue weighted by Crippen LogP contribution is 2.34. The van der Waals surface area contributed by atoms with E-state index in [-0.39, 0.29) is 0 Å². The van der Waals surface area contributed by atoms with Crippen LogP contribution in [0.2, 0.25) is 0 Å². The lowest BCUT2D eigenvalue weighted by Gasteiger charge is -2.18. The topological polar surface area (TPSA) is 40.0 Å². The van der Waals surface area contributed by atoms with Crippen molar-refractivity contribution in [1.82, 2.24) is 10.2 Å². The van der Waals surface area contributed by atoms with E-state index in [2.05, 4.69) is 76.3 Å². The van der Waals surface area contributed by atoms with Gasteiger partial charge in [-0.1, -0.05) is 84.2 Å². The van der Waals surface area contributed by atoms with Crippen molar-refractivity contribution < 1.29 is 0 Å². The molecule has 3 aliphatic heterocycles. The smallest absolute Gasteiger partial charge is 0.168 e. The molecule has 0 bridgehead atoms. The van der Waals surface area contributed by atoms with E-state index < -0.39 is 0 Å². The van der Waals surface area contributed by atoms with Gasteiger partial charge >= 0.3 is 0 Å². The van der Waals surface area contributed by atoms with E-state index in [0.717, 1.165) is 42.0 Å². The molecule has 0 spiro atoms. The molecule has 6 heteroatoms. The van der Waals surface area contributed by atoms with Gasteiger partial charge in [0.25, 0.3) is 0 Å². The lowest BCUT2D eigenvalue weighted by molar-refractivity contribution is 0.512. The zero-order valence-corrected chi connectivity index (χ0v) is 17.8. The van der Waals surface area contributed by atoms with Gasteiger partial charge in [0.15, 0.2) is 10.3 Å². The van der Waals surface area contributed by atoms with Crippen LogP contribution in [0.3, 0.4) is 0 Å². The second-order valence-corrected chi connectivity index (χ2v) is 9.36. The molecule has 2 unspecified atom stereocenters. The summed E-state index contributed by atoms with van der Waals surface area (Å²) in [7, 11) is 0. The van der Waals surface area contributed by atoms with E-state index in [1.54, 1.807) is 11.8 Å². The van der Waals surface area contributed by atoms with Crippen molar-refractivity contribution in [3.8, 4) is 0 Å². The highest BCUT2D eigenvalue weighted by molar-refractivity contribution is 8.17. The molecule has 29 heavy (non-hydrogen) atoms. The van der Waals surface area contributed by atoms with Gasteiger partial charge in [-0.15, -0.1) is 0 Å². The molecule has 0 saturated carbocycles. The molecular weight excluding hydrogens is 396 g/mol. The summed E-state index contributed by atoms with van der Waals surface area (Å²) < 4.78 is 0. The van der Waals surface area contributed by atoms with E-state index in [1.165, 1.54) is 16.8 Å². The molecule has 0 amide bonds. The van der Waals surface area contributed by atoms with Gasteiger partial charge in [-0.05, 0) is 29.4 Å². The molecule has 5 rings (SSSR count). The van der Waals surface area contributed by atoms with Gasteiger partial charge in [-0.3, -0.25) is 9.98 Å². The Kier molecular flexibility index (Phi) is 5.63. The van der Waals surface area contributed by atoms with Gasteiger partial charge < -0.3 is 10.2 Å². The Bertz CT molecular complexity index is 940. The highest BCUT2D eigenvalue weighted by atomic mass is 32.2. The van der Waals surface area contributed by atoms with Crippen LogP contribution in [0.25, 0.3) is 0 Å². The summed E-state index contributed by atoms with van der Waals surface area (Å²) in [5.41, 5.74) is 4.08. The maximum Gasteiger partial charge on any atom is 0.168 e. The maximum absolute atomic E-state index is 4.93. The lowest BCUT2D eigenvalue weighted by Crippen LogP contribution is -2.31. The molecule has 2 aromatic rings. The number of hydrogen-bond acceptors (Lipinski definition) is 6. The van der Waals surface area contributed by atoms with Gasteiger partial charge in [0.1, 0.15) is 0 Å². The lowest BCUT2D eigenvalue weighted by atomic mass is 10.1. The van der Waals surface area contributed by atoms with Crippen molar-refractivity contribution in [1.29, 1.82) is 0 Å². The zero-order chi connectivity index (χ0) is 19.5. The molecule has 0 radical (unpaired) electrons. The fourth-order valence-corrected chi connectivity index (χ4v) is 5.91. The summed E-state index contributed by atoms with van der Waals surface area (Å²) in [4.78, 5) is 12.0. The van der Waals surface area contributed by atoms with Crippen LogP contribution < -0.4 is 5.32 Å². The average Bonchev–Trinajstić information content (AvgIpc) is 3.45. The van der Waals surface area contributed by atoms with Crippen LogP contribution in [-0.2, 0) is 12.8 Å². The van der Waals surface area contributed by atoms with Crippen LogP contribution in [0.1, 0.15) is 11.1 Å². The van der Waals surface area contributed by atoms with Crippen LogP contribution in [0.5, 0.6) is 0 Å². The number of benzene rings is 2. The molecule has 2 aromatic carbocycles. The quantitative estimate of drug-likeness (QED) is 0.762. The van der Waals surface area contributed by atoms with E-state index in [1.807, 2.05) is 11.8 Å². The Morgan fingerprint density at radius 2 is 1.72 bits per heavy atom. The van der Waals surface area contributed by atoms with Gasteiger partial charge in [0.05, 0.1) is 18.6 Å². The molecule has 0 aromatic heterocycles. The van der Waals surface area contributed by atoms with Gasteiger partial charge in [-0.25, -0.2) is 0 Å². The SMILES string of the molecule is C1=C(CSC2=NCC(Cc3ccccc3)N2)N2CC(Cc3ccccc3)N=C2S1. The minimum atomic E-state index is 0.353. The molecule has 0 aliphatic carbocycles. The first-order valence-corrected chi connectivity index (χ1v) is 11.9. The summed E-state index contributed by atoms with van der Waals surface area (Å²) in [6.07, 6.45) is 2.04. The number of aliphatic imine (C=N–C) groups is 2. The second-order valence-electron chi connectivity index (χ2n) is 7.56. The van der Waals surface area contributed by atoms with Gasteiger partial charge in [0, 0.05) is 18.0 Å². The van der Waals surface area contributed by atoms with Gasteiger partial charge in [-0.2, -0.15) is 0 Å². The largest absolute Gasteiger partial charge is 0.360 e. The number of amidine groups is 2. The molecule has 2 atom stereocenters. The molecule has 3 aliphatic rings. The Labute approximate surface area is 180 Å². The van der Waals surface area contributed by atoms with E-state index in [9.17, 15) is 0 Å². The van der Waals surface area contributed by atoms with Crippen molar-refractivity contribution in [3.05, 3.63) is 82.9 Å². The van der Waals surface area contributed by atoms with Crippen molar-refractivity contribution >= 4 is 33.9 Å². The van der Waals surface area contributed by atoms with E-state index in [0.29, 0.717) is 12.1 Å². The van der Waals surface area contributed by atoms with Crippen LogP contribution in [0.15, 0.2) is 81.8 Å². The first-order valence-electron chi connectivity index (χ1n) is 10.1. The molecule has 3 heterocycles. The number of nitrogens with one attached hydrogen (secondary N) is 1. The minimum Gasteiger partial charge on any atom is -0.360 e. The number of hydrogen-bond donors (Lipinski definition) is 1. The van der Waals surface area contributed by atoms with Crippen molar-refractivity contribution in [3.63, 3.8) is 0 Å². The molecular formula is C23H24N4S2. The number of rotatable bonds is 6. The van der Waals surface area contributed by atoms with Crippen LogP contribution in [-0.4, -0.2) is 46.2 Å². The summed E-state index contributed by atoms with van der Waals surface area (Å²) in [6.45, 7) is 1.85. The number of fused-ring (bicyclic) bond motifs is 1. The van der Waals surface area contributed by atoms with Crippen molar-refractivity contribution in [2.24, 2.45) is 9.98 Å². The van der Waals surface area contributed by atoms with Crippen LogP contribution >= 0.6 is 23.5 Å². The van der Waals surface area contributed by atoms with E-state index >= 15 is 0 Å². The summed E-state index contributed by atoms with van der Waals surface area (Å²) in [5.74, 6) is 0.938. The van der Waals surface area contributed by atoms with Gasteiger partial charge in [0.2, 0.25) is 0 Å². The van der Waals surface area contributed by atoms with Crippen LogP contribution in [0, 0.1) is 0 Å². The first kappa shape index (κ1) is 18.8. The summed E-state index contributed by atoms with van der Waals surface area (Å²) in [5, 5.41) is 8.07. The van der Waals surface area contributed by atoms with Crippen LogP contribution in [0.4, 0.5) is 0 Å². The Morgan fingerprint density at radius 1 is 1.00 bits per heavy atom.